The van der Waals surface area contributed by atoms with Crippen LogP contribution in [0.2, 0.25) is 0 Å². The monoisotopic (exact) mass is 321 g/mol. The first-order chi connectivity index (χ1) is 10.2. The molecule has 0 aliphatic rings. The molecule has 0 saturated heterocycles. The van der Waals surface area contributed by atoms with Crippen LogP contribution in [0.5, 0.6) is 0 Å². The van der Waals surface area contributed by atoms with Gasteiger partial charge in [-0.1, -0.05) is 0 Å². The number of thioether (sulfide) groups is 1. The first kappa shape index (κ1) is 14.1. The Kier molecular flexibility index (Phi) is 4.21. The molecule has 0 saturated carbocycles. The van der Waals surface area contributed by atoms with Crippen molar-refractivity contribution >= 4 is 23.1 Å². The van der Waals surface area contributed by atoms with Gasteiger partial charge in [0.05, 0.1) is 5.69 Å². The lowest BCUT2D eigenvalue weighted by molar-refractivity contribution is 0.565. The average Bonchev–Trinajstić information content (AvgIpc) is 2.96. The minimum atomic E-state index is -0.575. The van der Waals surface area contributed by atoms with Crippen LogP contribution in [0.15, 0.2) is 46.9 Å². The second-order valence-electron chi connectivity index (χ2n) is 4.08. The van der Waals surface area contributed by atoms with Crippen molar-refractivity contribution in [1.82, 2.24) is 15.0 Å². The Bertz CT molecular complexity index is 747. The van der Waals surface area contributed by atoms with Crippen LogP contribution in [-0.2, 0) is 5.75 Å². The van der Waals surface area contributed by atoms with E-state index in [0.717, 1.165) is 16.8 Å². The molecular weight excluding hydrogens is 312 g/mol. The Labute approximate surface area is 128 Å². The molecule has 7 heteroatoms. The van der Waals surface area contributed by atoms with Crippen molar-refractivity contribution in [2.45, 2.75) is 10.6 Å². The zero-order chi connectivity index (χ0) is 14.7. The standard InChI is InChI=1S/C14H9F2N3S2/c15-9-2-3-12(11(16)6-9)20-7-10-8-21-14(19-10)13-17-4-1-5-18-13/h1-6,8H,7H2. The fourth-order valence-corrected chi connectivity index (χ4v) is 3.31. The number of hydrogen-bond donors (Lipinski definition) is 0. The summed E-state index contributed by atoms with van der Waals surface area (Å²) < 4.78 is 26.4. The molecule has 0 aliphatic carbocycles. The molecule has 0 fully saturated rings. The molecule has 0 N–H and O–H groups in total. The van der Waals surface area contributed by atoms with Crippen molar-refractivity contribution in [3.05, 3.63) is 59.4 Å². The van der Waals surface area contributed by atoms with Gasteiger partial charge in [-0.2, -0.15) is 0 Å². The zero-order valence-corrected chi connectivity index (χ0v) is 12.3. The summed E-state index contributed by atoms with van der Waals surface area (Å²) in [6.45, 7) is 0. The second-order valence-corrected chi connectivity index (χ2v) is 5.96. The minimum Gasteiger partial charge on any atom is -0.237 e. The number of hydrogen-bond acceptors (Lipinski definition) is 5. The van der Waals surface area contributed by atoms with Crippen molar-refractivity contribution in [1.29, 1.82) is 0 Å². The van der Waals surface area contributed by atoms with Gasteiger partial charge in [-0.25, -0.2) is 23.7 Å². The molecular formula is C14H9F2N3S2. The molecule has 0 aliphatic heterocycles. The van der Waals surface area contributed by atoms with Gasteiger partial charge in [0.2, 0.25) is 0 Å². The molecule has 0 atom stereocenters. The summed E-state index contributed by atoms with van der Waals surface area (Å²) in [5.41, 5.74) is 0.816. The number of thiazole rings is 1. The van der Waals surface area contributed by atoms with Gasteiger partial charge in [0.1, 0.15) is 11.6 Å². The molecule has 21 heavy (non-hydrogen) atoms. The number of halogens is 2. The van der Waals surface area contributed by atoms with Crippen LogP contribution in [0, 0.1) is 11.6 Å². The van der Waals surface area contributed by atoms with Gasteiger partial charge in [-0.15, -0.1) is 23.1 Å². The Balaban J connectivity index is 1.70. The van der Waals surface area contributed by atoms with Crippen LogP contribution in [0.3, 0.4) is 0 Å². The molecule has 3 nitrogen and oxygen atoms in total. The highest BCUT2D eigenvalue weighted by atomic mass is 32.2. The third-order valence-corrected chi connectivity index (χ3v) is 4.55. The van der Waals surface area contributed by atoms with Crippen LogP contribution in [0.4, 0.5) is 8.78 Å². The first-order valence-corrected chi connectivity index (χ1v) is 7.88. The molecule has 3 rings (SSSR count). The largest absolute Gasteiger partial charge is 0.237 e. The molecule has 0 bridgehead atoms. The van der Waals surface area contributed by atoms with Gasteiger partial charge in [0.15, 0.2) is 10.8 Å². The van der Waals surface area contributed by atoms with E-state index in [1.54, 1.807) is 18.5 Å². The number of benzene rings is 1. The fraction of sp³-hybridized carbons (Fsp3) is 0.0714. The summed E-state index contributed by atoms with van der Waals surface area (Å²) in [6.07, 6.45) is 3.32. The number of rotatable bonds is 4. The van der Waals surface area contributed by atoms with Gasteiger partial charge >= 0.3 is 0 Å². The molecule has 0 radical (unpaired) electrons. The lowest BCUT2D eigenvalue weighted by Crippen LogP contribution is -1.88. The molecule has 2 aromatic heterocycles. The molecule has 0 spiro atoms. The van der Waals surface area contributed by atoms with Gasteiger partial charge in [-0.05, 0) is 18.2 Å². The molecule has 0 amide bonds. The topological polar surface area (TPSA) is 38.7 Å². The van der Waals surface area contributed by atoms with Crippen molar-refractivity contribution in [2.75, 3.05) is 0 Å². The summed E-state index contributed by atoms with van der Waals surface area (Å²) in [7, 11) is 0. The SMILES string of the molecule is Fc1ccc(SCc2csc(-c3ncccn3)n2)c(F)c1. The minimum absolute atomic E-state index is 0.405. The van der Waals surface area contributed by atoms with E-state index in [1.165, 1.54) is 35.2 Å². The number of nitrogens with zero attached hydrogens (tertiary/aromatic N) is 3. The van der Waals surface area contributed by atoms with Crippen molar-refractivity contribution in [2.24, 2.45) is 0 Å². The first-order valence-electron chi connectivity index (χ1n) is 6.02. The molecule has 3 aromatic rings. The van der Waals surface area contributed by atoms with Gasteiger partial charge in [0, 0.05) is 34.5 Å². The Morgan fingerprint density at radius 1 is 1.14 bits per heavy atom. The van der Waals surface area contributed by atoms with Crippen LogP contribution < -0.4 is 0 Å². The highest BCUT2D eigenvalue weighted by Gasteiger charge is 2.09. The van der Waals surface area contributed by atoms with Gasteiger partial charge in [-0.3, -0.25) is 0 Å². The van der Waals surface area contributed by atoms with Gasteiger partial charge < -0.3 is 0 Å². The third-order valence-electron chi connectivity index (χ3n) is 2.58. The maximum Gasteiger partial charge on any atom is 0.188 e. The van der Waals surface area contributed by atoms with Crippen LogP contribution in [0.1, 0.15) is 5.69 Å². The van der Waals surface area contributed by atoms with Crippen molar-refractivity contribution in [3.63, 3.8) is 0 Å². The quantitative estimate of drug-likeness (QED) is 0.676. The van der Waals surface area contributed by atoms with Gasteiger partial charge in [0.25, 0.3) is 0 Å². The predicted octanol–water partition coefficient (Wildman–Crippen LogP) is 4.17. The Morgan fingerprint density at radius 2 is 1.95 bits per heavy atom. The summed E-state index contributed by atoms with van der Waals surface area (Å²) >= 11 is 2.72. The highest BCUT2D eigenvalue weighted by Crippen LogP contribution is 2.28. The van der Waals surface area contributed by atoms with Crippen LogP contribution >= 0.6 is 23.1 Å². The summed E-state index contributed by atoms with van der Waals surface area (Å²) in [6, 6.07) is 5.30. The smallest absolute Gasteiger partial charge is 0.188 e. The Hall–Kier alpha value is -1.86. The Morgan fingerprint density at radius 3 is 2.71 bits per heavy atom. The lowest BCUT2D eigenvalue weighted by atomic mass is 10.3. The number of aromatic nitrogens is 3. The lowest BCUT2D eigenvalue weighted by Gasteiger charge is -2.01. The maximum absolute atomic E-state index is 13.5. The van der Waals surface area contributed by atoms with E-state index < -0.39 is 11.6 Å². The molecule has 0 unspecified atom stereocenters. The average molecular weight is 321 g/mol. The third kappa shape index (κ3) is 3.43. The highest BCUT2D eigenvalue weighted by molar-refractivity contribution is 7.98. The van der Waals surface area contributed by atoms with E-state index in [2.05, 4.69) is 15.0 Å². The van der Waals surface area contributed by atoms with Crippen LogP contribution in [-0.4, -0.2) is 15.0 Å². The fourth-order valence-electron chi connectivity index (χ4n) is 1.63. The molecule has 106 valence electrons. The molecule has 2 heterocycles. The summed E-state index contributed by atoms with van der Waals surface area (Å²) in [4.78, 5) is 13.1. The van der Waals surface area contributed by atoms with Crippen molar-refractivity contribution < 1.29 is 8.78 Å². The van der Waals surface area contributed by atoms with E-state index in [-0.39, 0.29) is 0 Å². The summed E-state index contributed by atoms with van der Waals surface area (Å²) in [5, 5.41) is 2.62. The second kappa shape index (κ2) is 6.28. The van der Waals surface area contributed by atoms with E-state index in [0.29, 0.717) is 16.5 Å². The predicted molar refractivity (Wildman–Crippen MR) is 79.1 cm³/mol. The van der Waals surface area contributed by atoms with E-state index in [9.17, 15) is 8.78 Å². The molecule has 1 aromatic carbocycles. The van der Waals surface area contributed by atoms with E-state index >= 15 is 0 Å². The van der Waals surface area contributed by atoms with Crippen molar-refractivity contribution in [3.8, 4) is 10.8 Å². The van der Waals surface area contributed by atoms with E-state index in [1.807, 2.05) is 5.38 Å². The summed E-state index contributed by atoms with van der Waals surface area (Å²) in [5.74, 6) is -0.0473. The van der Waals surface area contributed by atoms with E-state index in [4.69, 9.17) is 0 Å². The van der Waals surface area contributed by atoms with Crippen LogP contribution in [0.25, 0.3) is 10.8 Å². The normalized spacial score (nSPS) is 10.8. The zero-order valence-electron chi connectivity index (χ0n) is 10.7. The maximum atomic E-state index is 13.5.